The van der Waals surface area contributed by atoms with Gasteiger partial charge in [-0.25, -0.2) is 23.3 Å². The molecule has 0 unspecified atom stereocenters. The average molecular weight is 265 g/mol. The van der Waals surface area contributed by atoms with E-state index < -0.39 is 0 Å². The minimum absolute atomic E-state index is 0. The van der Waals surface area contributed by atoms with Crippen molar-refractivity contribution in [2.24, 2.45) is 0 Å². The fourth-order valence-corrected chi connectivity index (χ4v) is 0.990. The summed E-state index contributed by atoms with van der Waals surface area (Å²) in [5, 5.41) is 0. The molecular weight excluding hydrogens is 247 g/mol. The SMILES string of the molecule is CC1=[C-]CC=C1C.[C-]1=CC=CC1.[CH3-].[Zr+3]. The van der Waals surface area contributed by atoms with Gasteiger partial charge < -0.3 is 7.43 Å². The van der Waals surface area contributed by atoms with Crippen LogP contribution in [0.4, 0.5) is 0 Å². The normalized spacial score (nSPS) is 15.9. The summed E-state index contributed by atoms with van der Waals surface area (Å²) in [6, 6.07) is 0. The van der Waals surface area contributed by atoms with Crippen molar-refractivity contribution in [1.29, 1.82) is 0 Å². The van der Waals surface area contributed by atoms with Gasteiger partial charge in [0.2, 0.25) is 0 Å². The van der Waals surface area contributed by atoms with Crippen LogP contribution in [0.1, 0.15) is 26.7 Å². The van der Waals surface area contributed by atoms with E-state index in [1.54, 1.807) is 0 Å². The van der Waals surface area contributed by atoms with Gasteiger partial charge in [0, 0.05) is 0 Å². The summed E-state index contributed by atoms with van der Waals surface area (Å²) in [7, 11) is 0. The van der Waals surface area contributed by atoms with E-state index in [9.17, 15) is 0 Å². The predicted octanol–water partition coefficient (Wildman–Crippen LogP) is 3.84. The molecule has 0 aromatic rings. The molecule has 0 bridgehead atoms. The molecule has 0 aromatic heterocycles. The third-order valence-electron chi connectivity index (χ3n) is 1.95. The Morgan fingerprint density at radius 1 is 1.21 bits per heavy atom. The van der Waals surface area contributed by atoms with Crippen LogP contribution < -0.4 is 0 Å². The van der Waals surface area contributed by atoms with Gasteiger partial charge in [0.15, 0.2) is 0 Å². The van der Waals surface area contributed by atoms with Gasteiger partial charge in [0.1, 0.15) is 0 Å². The van der Waals surface area contributed by atoms with Crippen molar-refractivity contribution in [1.82, 2.24) is 0 Å². The average Bonchev–Trinajstić information content (AvgIpc) is 2.67. The molecule has 0 atom stereocenters. The quantitative estimate of drug-likeness (QED) is 0.583. The second-order valence-electron chi connectivity index (χ2n) is 2.90. The molecule has 2 aliphatic carbocycles. The molecule has 0 amide bonds. The van der Waals surface area contributed by atoms with Gasteiger partial charge in [-0.15, -0.1) is 19.8 Å². The fourth-order valence-electron chi connectivity index (χ4n) is 0.990. The topological polar surface area (TPSA) is 0 Å². The van der Waals surface area contributed by atoms with Gasteiger partial charge in [-0.3, -0.25) is 12.2 Å². The summed E-state index contributed by atoms with van der Waals surface area (Å²) in [4.78, 5) is 0. The first kappa shape index (κ1) is 16.3. The maximum absolute atomic E-state index is 3.19. The minimum atomic E-state index is 0. The van der Waals surface area contributed by atoms with Crippen LogP contribution in [0.3, 0.4) is 0 Å². The van der Waals surface area contributed by atoms with E-state index in [-0.39, 0.29) is 33.6 Å². The van der Waals surface area contributed by atoms with Crippen molar-refractivity contribution in [2.45, 2.75) is 26.7 Å². The molecule has 0 aliphatic heterocycles. The van der Waals surface area contributed by atoms with Crippen molar-refractivity contribution in [3.05, 3.63) is 55.0 Å². The smallest absolute Gasteiger partial charge is 0.358 e. The molecule has 0 saturated carbocycles. The Labute approximate surface area is 108 Å². The summed E-state index contributed by atoms with van der Waals surface area (Å²) >= 11 is 0. The predicted molar refractivity (Wildman–Crippen MR) is 58.8 cm³/mol. The van der Waals surface area contributed by atoms with Gasteiger partial charge in [-0.1, -0.05) is 6.92 Å². The Kier molecular flexibility index (Phi) is 10.9. The standard InChI is InChI=1S/C7H9.C5H5.CH3.Zr/c1-6-4-3-5-7(6)2;1-2-4-5-3-1;;/h4H,3H2,1-2H3;1-3H,4H2;1H3;/q3*-1;+3. The molecule has 0 spiro atoms. The van der Waals surface area contributed by atoms with Gasteiger partial charge in [-0.2, -0.15) is 12.2 Å². The zero-order valence-electron chi connectivity index (χ0n) is 9.22. The maximum atomic E-state index is 3.19. The van der Waals surface area contributed by atoms with Crippen LogP contribution in [-0.2, 0) is 26.2 Å². The van der Waals surface area contributed by atoms with Crippen LogP contribution in [0.25, 0.3) is 0 Å². The first-order chi connectivity index (χ1) is 5.80. The van der Waals surface area contributed by atoms with Crippen LogP contribution in [0, 0.1) is 19.6 Å². The maximum Gasteiger partial charge on any atom is 3.00 e. The Bertz CT molecular complexity index is 228. The van der Waals surface area contributed by atoms with E-state index in [4.69, 9.17) is 0 Å². The summed E-state index contributed by atoms with van der Waals surface area (Å²) in [5.74, 6) is 0. The minimum Gasteiger partial charge on any atom is -0.358 e. The number of allylic oxidation sites excluding steroid dienone is 8. The molecule has 0 nitrogen and oxygen atoms in total. The Balaban J connectivity index is 0. The zero-order chi connectivity index (χ0) is 8.81. The summed E-state index contributed by atoms with van der Waals surface area (Å²) in [6.45, 7) is 4.22. The monoisotopic (exact) mass is 263 g/mol. The van der Waals surface area contributed by atoms with E-state index in [1.165, 1.54) is 11.1 Å². The van der Waals surface area contributed by atoms with Crippen molar-refractivity contribution < 1.29 is 26.2 Å². The molecular formula is C13H17Zr. The molecule has 2 aliphatic rings. The van der Waals surface area contributed by atoms with Crippen LogP contribution in [-0.4, -0.2) is 0 Å². The van der Waals surface area contributed by atoms with Gasteiger partial charge >= 0.3 is 26.2 Å². The summed E-state index contributed by atoms with van der Waals surface area (Å²) < 4.78 is 0. The Morgan fingerprint density at radius 2 is 1.93 bits per heavy atom. The molecule has 0 fully saturated rings. The number of hydrogen-bond donors (Lipinski definition) is 0. The fraction of sp³-hybridized carbons (Fsp3) is 0.308. The van der Waals surface area contributed by atoms with Crippen molar-refractivity contribution in [2.75, 3.05) is 0 Å². The molecule has 0 heterocycles. The molecule has 14 heavy (non-hydrogen) atoms. The first-order valence-electron chi connectivity index (χ1n) is 4.27. The Hall–Kier alpha value is -0.157. The molecule has 0 N–H and O–H groups in total. The van der Waals surface area contributed by atoms with E-state index >= 15 is 0 Å². The van der Waals surface area contributed by atoms with Crippen molar-refractivity contribution in [3.63, 3.8) is 0 Å². The molecule has 2 rings (SSSR count). The van der Waals surface area contributed by atoms with Crippen molar-refractivity contribution >= 4 is 0 Å². The van der Waals surface area contributed by atoms with Gasteiger partial charge in [-0.05, 0) is 0 Å². The summed E-state index contributed by atoms with van der Waals surface area (Å²) in [6.07, 6.45) is 16.4. The molecule has 0 aromatic carbocycles. The second kappa shape index (κ2) is 9.40. The number of rotatable bonds is 0. The molecule has 1 radical (unpaired) electrons. The van der Waals surface area contributed by atoms with E-state index in [0.29, 0.717) is 0 Å². The van der Waals surface area contributed by atoms with E-state index in [1.807, 2.05) is 12.2 Å². The largest absolute Gasteiger partial charge is 3.00 e. The van der Waals surface area contributed by atoms with Gasteiger partial charge in [0.25, 0.3) is 0 Å². The summed E-state index contributed by atoms with van der Waals surface area (Å²) in [5.41, 5.74) is 2.71. The van der Waals surface area contributed by atoms with Gasteiger partial charge in [0.05, 0.1) is 0 Å². The van der Waals surface area contributed by atoms with E-state index in [0.717, 1.165) is 12.8 Å². The Morgan fingerprint density at radius 3 is 2.07 bits per heavy atom. The number of hydrogen-bond acceptors (Lipinski definition) is 0. The molecule has 1 heteroatoms. The van der Waals surface area contributed by atoms with Crippen LogP contribution in [0.5, 0.6) is 0 Å². The first-order valence-corrected chi connectivity index (χ1v) is 4.27. The third kappa shape index (κ3) is 6.32. The zero-order valence-corrected chi connectivity index (χ0v) is 11.7. The van der Waals surface area contributed by atoms with E-state index in [2.05, 4.69) is 38.2 Å². The van der Waals surface area contributed by atoms with Crippen LogP contribution in [0.15, 0.2) is 35.5 Å². The van der Waals surface area contributed by atoms with Crippen LogP contribution in [0.2, 0.25) is 0 Å². The molecule has 0 saturated heterocycles. The third-order valence-corrected chi connectivity index (χ3v) is 1.95. The second-order valence-corrected chi connectivity index (χ2v) is 2.90. The van der Waals surface area contributed by atoms with Crippen LogP contribution >= 0.6 is 0 Å². The molecule has 73 valence electrons. The van der Waals surface area contributed by atoms with Crippen molar-refractivity contribution in [3.8, 4) is 0 Å².